The molecule has 0 aliphatic heterocycles. The average Bonchev–Trinajstić information content (AvgIpc) is 2.16. The summed E-state index contributed by atoms with van der Waals surface area (Å²) in [6, 6.07) is 0. The Morgan fingerprint density at radius 3 is 2.93 bits per heavy atom. The van der Waals surface area contributed by atoms with E-state index in [9.17, 15) is 4.79 Å². The first-order valence-corrected chi connectivity index (χ1v) is 6.48. The van der Waals surface area contributed by atoms with Gasteiger partial charge in [0.25, 0.3) is 0 Å². The van der Waals surface area contributed by atoms with Crippen LogP contribution in [0.3, 0.4) is 0 Å². The molecular formula is C13H21NO. The van der Waals surface area contributed by atoms with Gasteiger partial charge in [-0.05, 0) is 56.3 Å². The molecule has 0 spiro atoms. The van der Waals surface area contributed by atoms with Gasteiger partial charge in [0.1, 0.15) is 0 Å². The summed E-state index contributed by atoms with van der Waals surface area (Å²) >= 11 is 0. The van der Waals surface area contributed by atoms with E-state index in [-0.39, 0.29) is 11.4 Å². The van der Waals surface area contributed by atoms with Gasteiger partial charge in [-0.25, -0.2) is 0 Å². The lowest BCUT2D eigenvalue weighted by molar-refractivity contribution is -0.126. The fourth-order valence-electron chi connectivity index (χ4n) is 4.78. The normalized spacial score (nSPS) is 47.7. The average molecular weight is 207 g/mol. The van der Waals surface area contributed by atoms with E-state index in [0.717, 1.165) is 17.8 Å². The number of fused-ring (bicyclic) bond motifs is 1. The van der Waals surface area contributed by atoms with Crippen molar-refractivity contribution in [1.82, 2.24) is 5.32 Å². The Labute approximate surface area is 91.8 Å². The van der Waals surface area contributed by atoms with Crippen LogP contribution in [0.4, 0.5) is 0 Å². The van der Waals surface area contributed by atoms with Crippen LogP contribution in [0.15, 0.2) is 0 Å². The van der Waals surface area contributed by atoms with Crippen LogP contribution in [-0.2, 0) is 4.79 Å². The van der Waals surface area contributed by atoms with E-state index in [2.05, 4.69) is 5.32 Å². The van der Waals surface area contributed by atoms with E-state index >= 15 is 0 Å². The summed E-state index contributed by atoms with van der Waals surface area (Å²) in [5.74, 6) is 2.83. The summed E-state index contributed by atoms with van der Waals surface area (Å²) in [5, 5.41) is 3.32. The Kier molecular flexibility index (Phi) is 2.08. The molecule has 4 bridgehead atoms. The quantitative estimate of drug-likeness (QED) is 0.703. The zero-order valence-electron chi connectivity index (χ0n) is 9.59. The SMILES string of the molecule is CC(=O)N[C@@]12CCC[C@@H]3C[C@@H](CC[C@@H]31)C2. The summed E-state index contributed by atoms with van der Waals surface area (Å²) in [6.45, 7) is 1.68. The molecule has 2 nitrogen and oxygen atoms in total. The number of carbonyl (C=O) groups is 1. The van der Waals surface area contributed by atoms with Crippen LogP contribution < -0.4 is 5.32 Å². The first kappa shape index (κ1) is 9.68. The third kappa shape index (κ3) is 1.41. The smallest absolute Gasteiger partial charge is 0.217 e. The van der Waals surface area contributed by atoms with Gasteiger partial charge in [-0.1, -0.05) is 6.42 Å². The zero-order chi connectivity index (χ0) is 10.5. The van der Waals surface area contributed by atoms with Crippen molar-refractivity contribution in [3.63, 3.8) is 0 Å². The van der Waals surface area contributed by atoms with Crippen LogP contribution in [0.1, 0.15) is 51.9 Å². The van der Waals surface area contributed by atoms with Crippen LogP contribution in [0.5, 0.6) is 0 Å². The van der Waals surface area contributed by atoms with Gasteiger partial charge in [0.15, 0.2) is 0 Å². The van der Waals surface area contributed by atoms with Crippen molar-refractivity contribution >= 4 is 5.91 Å². The zero-order valence-corrected chi connectivity index (χ0v) is 9.59. The van der Waals surface area contributed by atoms with E-state index in [1.54, 1.807) is 6.92 Å². The van der Waals surface area contributed by atoms with Gasteiger partial charge in [0.2, 0.25) is 5.91 Å². The molecule has 0 aromatic rings. The summed E-state index contributed by atoms with van der Waals surface area (Å²) in [7, 11) is 0. The fraction of sp³-hybridized carbons (Fsp3) is 0.923. The van der Waals surface area contributed by atoms with Gasteiger partial charge >= 0.3 is 0 Å². The van der Waals surface area contributed by atoms with Gasteiger partial charge in [-0.3, -0.25) is 4.79 Å². The van der Waals surface area contributed by atoms with Crippen LogP contribution >= 0.6 is 0 Å². The van der Waals surface area contributed by atoms with E-state index in [1.807, 2.05) is 0 Å². The molecule has 1 N–H and O–H groups in total. The van der Waals surface area contributed by atoms with Gasteiger partial charge in [-0.2, -0.15) is 0 Å². The minimum absolute atomic E-state index is 0.184. The molecule has 1 amide bonds. The lowest BCUT2D eigenvalue weighted by atomic mass is 9.51. The Morgan fingerprint density at radius 2 is 2.20 bits per heavy atom. The lowest BCUT2D eigenvalue weighted by Gasteiger charge is -2.58. The minimum Gasteiger partial charge on any atom is -0.351 e. The molecule has 0 aromatic carbocycles. The lowest BCUT2D eigenvalue weighted by Crippen LogP contribution is -2.63. The molecule has 0 saturated heterocycles. The molecule has 84 valence electrons. The summed E-state index contributed by atoms with van der Waals surface area (Å²) < 4.78 is 0. The predicted octanol–water partition coefficient (Wildman–Crippen LogP) is 2.48. The molecule has 0 heterocycles. The van der Waals surface area contributed by atoms with Crippen molar-refractivity contribution in [2.45, 2.75) is 57.4 Å². The van der Waals surface area contributed by atoms with Gasteiger partial charge in [-0.15, -0.1) is 0 Å². The number of rotatable bonds is 1. The number of hydrogen-bond donors (Lipinski definition) is 1. The Morgan fingerprint density at radius 1 is 1.33 bits per heavy atom. The second kappa shape index (κ2) is 3.23. The first-order valence-electron chi connectivity index (χ1n) is 6.48. The molecule has 4 aliphatic rings. The molecule has 15 heavy (non-hydrogen) atoms. The number of nitrogens with one attached hydrogen (secondary N) is 1. The van der Waals surface area contributed by atoms with Crippen LogP contribution in [0.25, 0.3) is 0 Å². The minimum atomic E-state index is 0.184. The van der Waals surface area contributed by atoms with E-state index in [1.165, 1.54) is 44.9 Å². The Balaban J connectivity index is 1.89. The monoisotopic (exact) mass is 207 g/mol. The molecular weight excluding hydrogens is 186 g/mol. The molecule has 0 radical (unpaired) electrons. The highest BCUT2D eigenvalue weighted by Gasteiger charge is 2.53. The second-order valence-electron chi connectivity index (χ2n) is 5.98. The van der Waals surface area contributed by atoms with Crippen LogP contribution in [-0.4, -0.2) is 11.4 Å². The van der Waals surface area contributed by atoms with Crippen molar-refractivity contribution in [3.05, 3.63) is 0 Å². The van der Waals surface area contributed by atoms with Crippen molar-refractivity contribution in [2.75, 3.05) is 0 Å². The Hall–Kier alpha value is -0.530. The van der Waals surface area contributed by atoms with E-state index in [4.69, 9.17) is 0 Å². The molecule has 2 heteroatoms. The molecule has 4 rings (SSSR count). The van der Waals surface area contributed by atoms with Crippen LogP contribution in [0.2, 0.25) is 0 Å². The molecule has 0 unspecified atom stereocenters. The van der Waals surface area contributed by atoms with Crippen molar-refractivity contribution in [2.24, 2.45) is 17.8 Å². The highest BCUT2D eigenvalue weighted by Crippen LogP contribution is 2.56. The van der Waals surface area contributed by atoms with E-state index in [0.29, 0.717) is 0 Å². The summed E-state index contributed by atoms with van der Waals surface area (Å²) in [5.41, 5.74) is 0.218. The van der Waals surface area contributed by atoms with Gasteiger partial charge in [0.05, 0.1) is 0 Å². The molecule has 4 aliphatic carbocycles. The maximum Gasteiger partial charge on any atom is 0.217 e. The number of amides is 1. The highest BCUT2D eigenvalue weighted by atomic mass is 16.1. The summed E-state index contributed by atoms with van der Waals surface area (Å²) in [4.78, 5) is 11.4. The van der Waals surface area contributed by atoms with Gasteiger partial charge < -0.3 is 5.32 Å². The third-order valence-corrected chi connectivity index (χ3v) is 5.08. The number of carbonyl (C=O) groups excluding carboxylic acids is 1. The predicted molar refractivity (Wildman–Crippen MR) is 59.3 cm³/mol. The van der Waals surface area contributed by atoms with Crippen LogP contribution in [0, 0.1) is 17.8 Å². The van der Waals surface area contributed by atoms with Crippen molar-refractivity contribution < 1.29 is 4.79 Å². The molecule has 4 saturated carbocycles. The molecule has 4 fully saturated rings. The molecule has 4 atom stereocenters. The highest BCUT2D eigenvalue weighted by molar-refractivity contribution is 5.74. The standard InChI is InChI=1S/C13H21NO/c1-9(15)14-13-6-2-3-11-7-10(8-13)4-5-12(11)13/h10-12H,2-8H2,1H3,(H,14,15)/t10-,11-,12+,13-/m1/s1. The van der Waals surface area contributed by atoms with Gasteiger partial charge in [0, 0.05) is 12.5 Å². The largest absolute Gasteiger partial charge is 0.351 e. The Bertz CT molecular complexity index is 288. The van der Waals surface area contributed by atoms with Crippen molar-refractivity contribution in [3.8, 4) is 0 Å². The first-order chi connectivity index (χ1) is 7.20. The van der Waals surface area contributed by atoms with Crippen molar-refractivity contribution in [1.29, 1.82) is 0 Å². The van der Waals surface area contributed by atoms with E-state index < -0.39 is 0 Å². The molecule has 0 aromatic heterocycles. The fourth-order valence-corrected chi connectivity index (χ4v) is 4.78. The maximum atomic E-state index is 11.4. The summed E-state index contributed by atoms with van der Waals surface area (Å²) in [6.07, 6.45) is 9.50. The maximum absolute atomic E-state index is 11.4. The number of hydrogen-bond acceptors (Lipinski definition) is 1. The second-order valence-corrected chi connectivity index (χ2v) is 5.98. The topological polar surface area (TPSA) is 29.1 Å². The third-order valence-electron chi connectivity index (χ3n) is 5.08.